The number of ether oxygens (including phenoxy) is 2. The number of benzene rings is 1. The van der Waals surface area contributed by atoms with Crippen LogP contribution in [0.2, 0.25) is 5.02 Å². The maximum atomic E-state index is 12.0. The summed E-state index contributed by atoms with van der Waals surface area (Å²) in [5.74, 6) is 1.57. The van der Waals surface area contributed by atoms with Gasteiger partial charge in [-0.3, -0.25) is 4.79 Å². The Labute approximate surface area is 105 Å². The monoisotopic (exact) mass is 252 g/mol. The van der Waals surface area contributed by atoms with Crippen molar-refractivity contribution >= 4 is 17.4 Å². The van der Waals surface area contributed by atoms with Gasteiger partial charge in [-0.2, -0.15) is 0 Å². The number of hydrogen-bond acceptors (Lipinski definition) is 3. The minimum Gasteiger partial charge on any atom is -0.490 e. The number of carbonyl (C=O) groups is 1. The third-order valence-corrected chi connectivity index (χ3v) is 3.36. The molecule has 0 amide bonds. The summed E-state index contributed by atoms with van der Waals surface area (Å²) in [7, 11) is 0. The van der Waals surface area contributed by atoms with E-state index in [0.717, 1.165) is 19.3 Å². The van der Waals surface area contributed by atoms with Crippen molar-refractivity contribution < 1.29 is 14.3 Å². The second kappa shape index (κ2) is 4.22. The summed E-state index contributed by atoms with van der Waals surface area (Å²) in [6, 6.07) is 3.42. The van der Waals surface area contributed by atoms with Crippen molar-refractivity contribution in [1.29, 1.82) is 0 Å². The topological polar surface area (TPSA) is 35.5 Å². The summed E-state index contributed by atoms with van der Waals surface area (Å²) in [5, 5.41) is 0.464. The molecule has 1 aliphatic carbocycles. The highest BCUT2D eigenvalue weighted by atomic mass is 35.5. The normalized spacial score (nSPS) is 18.6. The van der Waals surface area contributed by atoms with Gasteiger partial charge in [-0.25, -0.2) is 0 Å². The van der Waals surface area contributed by atoms with Crippen molar-refractivity contribution in [2.45, 2.75) is 19.3 Å². The predicted molar refractivity (Wildman–Crippen MR) is 64.1 cm³/mol. The van der Waals surface area contributed by atoms with E-state index in [9.17, 15) is 4.79 Å². The molecule has 0 aromatic heterocycles. The molecule has 0 unspecified atom stereocenters. The number of hydrogen-bond donors (Lipinski definition) is 0. The van der Waals surface area contributed by atoms with Crippen molar-refractivity contribution in [3.63, 3.8) is 0 Å². The SMILES string of the molecule is O=C(c1cc2c(cc1Cl)OCCCO2)C1CC1. The van der Waals surface area contributed by atoms with Gasteiger partial charge in [0, 0.05) is 24.0 Å². The molecule has 1 aliphatic heterocycles. The van der Waals surface area contributed by atoms with Crippen LogP contribution in [0.25, 0.3) is 0 Å². The first-order chi connectivity index (χ1) is 8.25. The Bertz CT molecular complexity index is 466. The molecule has 1 aromatic carbocycles. The quantitative estimate of drug-likeness (QED) is 0.759. The molecule has 0 spiro atoms. The van der Waals surface area contributed by atoms with Crippen LogP contribution in [-0.2, 0) is 0 Å². The minimum absolute atomic E-state index is 0.130. The molecule has 17 heavy (non-hydrogen) atoms. The molecule has 3 rings (SSSR count). The Morgan fingerprint density at radius 3 is 2.47 bits per heavy atom. The molecule has 2 aliphatic rings. The fraction of sp³-hybridized carbons (Fsp3) is 0.462. The van der Waals surface area contributed by atoms with Crippen LogP contribution in [0.15, 0.2) is 12.1 Å². The molecule has 0 bridgehead atoms. The zero-order valence-electron chi connectivity index (χ0n) is 9.37. The van der Waals surface area contributed by atoms with E-state index in [0.29, 0.717) is 35.3 Å². The molecule has 0 N–H and O–H groups in total. The summed E-state index contributed by atoms with van der Waals surface area (Å²) in [6.07, 6.45) is 2.80. The van der Waals surface area contributed by atoms with E-state index in [-0.39, 0.29) is 11.7 Å². The Kier molecular flexibility index (Phi) is 2.71. The van der Waals surface area contributed by atoms with Crippen LogP contribution < -0.4 is 9.47 Å². The Hall–Kier alpha value is -1.22. The van der Waals surface area contributed by atoms with E-state index in [1.54, 1.807) is 12.1 Å². The first-order valence-corrected chi connectivity index (χ1v) is 6.27. The number of halogens is 1. The molecule has 3 nitrogen and oxygen atoms in total. The van der Waals surface area contributed by atoms with Crippen LogP contribution in [0.3, 0.4) is 0 Å². The van der Waals surface area contributed by atoms with E-state index in [1.807, 2.05) is 0 Å². The third kappa shape index (κ3) is 2.12. The Morgan fingerprint density at radius 1 is 1.18 bits per heavy atom. The van der Waals surface area contributed by atoms with Crippen LogP contribution in [0.1, 0.15) is 29.6 Å². The molecule has 90 valence electrons. The smallest absolute Gasteiger partial charge is 0.167 e. The number of ketones is 1. The highest BCUT2D eigenvalue weighted by Crippen LogP contribution is 2.39. The number of Topliss-reactive ketones (excluding diaryl/α,β-unsaturated/α-hetero) is 1. The zero-order valence-corrected chi connectivity index (χ0v) is 10.1. The van der Waals surface area contributed by atoms with Crippen LogP contribution in [0.5, 0.6) is 11.5 Å². The first-order valence-electron chi connectivity index (χ1n) is 5.89. The third-order valence-electron chi connectivity index (χ3n) is 3.05. The largest absolute Gasteiger partial charge is 0.490 e. The van der Waals surface area contributed by atoms with Gasteiger partial charge < -0.3 is 9.47 Å². The van der Waals surface area contributed by atoms with E-state index >= 15 is 0 Å². The maximum absolute atomic E-state index is 12.0. The summed E-state index contributed by atoms with van der Waals surface area (Å²) in [6.45, 7) is 1.24. The summed E-state index contributed by atoms with van der Waals surface area (Å²) in [5.41, 5.74) is 0.568. The first kappa shape index (κ1) is 10.9. The van der Waals surface area contributed by atoms with Gasteiger partial charge in [0.25, 0.3) is 0 Å². The van der Waals surface area contributed by atoms with Crippen molar-refractivity contribution in [1.82, 2.24) is 0 Å². The van der Waals surface area contributed by atoms with Crippen molar-refractivity contribution in [2.24, 2.45) is 5.92 Å². The van der Waals surface area contributed by atoms with Crippen LogP contribution >= 0.6 is 11.6 Å². The van der Waals surface area contributed by atoms with E-state index in [2.05, 4.69) is 0 Å². The Morgan fingerprint density at radius 2 is 1.82 bits per heavy atom. The second-order valence-electron chi connectivity index (χ2n) is 4.47. The number of rotatable bonds is 2. The van der Waals surface area contributed by atoms with Gasteiger partial charge in [-0.05, 0) is 18.9 Å². The highest BCUT2D eigenvalue weighted by Gasteiger charge is 2.32. The maximum Gasteiger partial charge on any atom is 0.167 e. The fourth-order valence-electron chi connectivity index (χ4n) is 1.94. The lowest BCUT2D eigenvalue weighted by molar-refractivity contribution is 0.0967. The second-order valence-corrected chi connectivity index (χ2v) is 4.87. The summed E-state index contributed by atoms with van der Waals surface area (Å²) < 4.78 is 11.1. The molecule has 1 heterocycles. The van der Waals surface area contributed by atoms with E-state index in [4.69, 9.17) is 21.1 Å². The van der Waals surface area contributed by atoms with Crippen LogP contribution in [-0.4, -0.2) is 19.0 Å². The van der Waals surface area contributed by atoms with E-state index in [1.165, 1.54) is 0 Å². The number of fused-ring (bicyclic) bond motifs is 1. The Balaban J connectivity index is 1.99. The number of carbonyl (C=O) groups excluding carboxylic acids is 1. The van der Waals surface area contributed by atoms with Gasteiger partial charge in [0.2, 0.25) is 0 Å². The average Bonchev–Trinajstić information content (AvgIpc) is 3.14. The molecule has 1 fully saturated rings. The van der Waals surface area contributed by atoms with Gasteiger partial charge in [0.1, 0.15) is 0 Å². The lowest BCUT2D eigenvalue weighted by atomic mass is 10.1. The van der Waals surface area contributed by atoms with Gasteiger partial charge >= 0.3 is 0 Å². The minimum atomic E-state index is 0.130. The highest BCUT2D eigenvalue weighted by molar-refractivity contribution is 6.34. The van der Waals surface area contributed by atoms with Gasteiger partial charge in [-0.15, -0.1) is 0 Å². The summed E-state index contributed by atoms with van der Waals surface area (Å²) >= 11 is 6.12. The van der Waals surface area contributed by atoms with Crippen LogP contribution in [0.4, 0.5) is 0 Å². The fourth-order valence-corrected chi connectivity index (χ4v) is 2.18. The molecule has 0 atom stereocenters. The van der Waals surface area contributed by atoms with Crippen molar-refractivity contribution in [3.05, 3.63) is 22.7 Å². The molecule has 0 saturated heterocycles. The van der Waals surface area contributed by atoms with Gasteiger partial charge in [-0.1, -0.05) is 11.6 Å². The summed E-state index contributed by atoms with van der Waals surface area (Å²) in [4.78, 5) is 12.0. The average molecular weight is 253 g/mol. The van der Waals surface area contributed by atoms with Crippen molar-refractivity contribution in [3.8, 4) is 11.5 Å². The molecular weight excluding hydrogens is 240 g/mol. The molecular formula is C13H13ClO3. The van der Waals surface area contributed by atoms with Crippen LogP contribution in [0, 0.1) is 5.92 Å². The lowest BCUT2D eigenvalue weighted by Crippen LogP contribution is -2.03. The molecule has 0 radical (unpaired) electrons. The zero-order chi connectivity index (χ0) is 11.8. The molecule has 1 saturated carbocycles. The molecule has 4 heteroatoms. The van der Waals surface area contributed by atoms with E-state index < -0.39 is 0 Å². The molecule has 1 aromatic rings. The van der Waals surface area contributed by atoms with Gasteiger partial charge in [0.05, 0.1) is 18.2 Å². The lowest BCUT2D eigenvalue weighted by Gasteiger charge is -2.10. The predicted octanol–water partition coefficient (Wildman–Crippen LogP) is 3.09. The van der Waals surface area contributed by atoms with Crippen molar-refractivity contribution in [2.75, 3.05) is 13.2 Å². The standard InChI is InChI=1S/C13H13ClO3/c14-10-7-12-11(16-4-1-5-17-12)6-9(10)13(15)8-2-3-8/h6-8H,1-5H2. The van der Waals surface area contributed by atoms with Gasteiger partial charge in [0.15, 0.2) is 17.3 Å².